The summed E-state index contributed by atoms with van der Waals surface area (Å²) in [6, 6.07) is 13.9. The van der Waals surface area contributed by atoms with E-state index in [2.05, 4.69) is 34.9 Å². The quantitative estimate of drug-likeness (QED) is 0.538. The minimum Gasteiger partial charge on any atom is -0.497 e. The standard InChI is InChI=1S/C24H24N4O2/c1-14-15(2)27-21-8-7-17(10-19(14)21)24(29)28-11-20(23-22(12-28)25-13-26-23)16-5-4-6-18(9-16)30-3/h4-10,13,20,27H,11-12H2,1-3H3,(H,25,26). The summed E-state index contributed by atoms with van der Waals surface area (Å²) in [7, 11) is 1.66. The van der Waals surface area contributed by atoms with E-state index in [1.165, 1.54) is 5.56 Å². The van der Waals surface area contributed by atoms with Crippen LogP contribution in [0.3, 0.4) is 0 Å². The summed E-state index contributed by atoms with van der Waals surface area (Å²) >= 11 is 0. The highest BCUT2D eigenvalue weighted by Gasteiger charge is 2.32. The van der Waals surface area contributed by atoms with Gasteiger partial charge in [0.1, 0.15) is 5.75 Å². The normalized spacial score (nSPS) is 16.0. The Hall–Kier alpha value is -3.54. The molecule has 30 heavy (non-hydrogen) atoms. The Morgan fingerprint density at radius 1 is 1.20 bits per heavy atom. The smallest absolute Gasteiger partial charge is 0.254 e. The van der Waals surface area contributed by atoms with E-state index >= 15 is 0 Å². The van der Waals surface area contributed by atoms with Crippen LogP contribution in [0.25, 0.3) is 10.9 Å². The number of H-pyrrole nitrogens is 2. The molecule has 6 nitrogen and oxygen atoms in total. The number of benzene rings is 2. The first-order valence-electron chi connectivity index (χ1n) is 10.1. The fourth-order valence-electron chi connectivity index (χ4n) is 4.37. The minimum absolute atomic E-state index is 0.000907. The Bertz CT molecular complexity index is 1250. The van der Waals surface area contributed by atoms with Gasteiger partial charge in [-0.25, -0.2) is 4.98 Å². The Balaban J connectivity index is 1.51. The first-order valence-corrected chi connectivity index (χ1v) is 10.1. The van der Waals surface area contributed by atoms with E-state index in [9.17, 15) is 4.79 Å². The SMILES string of the molecule is COc1cccc(C2CN(C(=O)c3ccc4[nH]c(C)c(C)c4c3)Cc3[nH]cnc32)c1. The number of nitrogens with zero attached hydrogens (tertiary/aromatic N) is 2. The highest BCUT2D eigenvalue weighted by atomic mass is 16.5. The molecular formula is C24H24N4O2. The average Bonchev–Trinajstić information content (AvgIpc) is 3.36. The van der Waals surface area contributed by atoms with E-state index in [0.29, 0.717) is 18.7 Å². The van der Waals surface area contributed by atoms with Gasteiger partial charge in [-0.1, -0.05) is 12.1 Å². The van der Waals surface area contributed by atoms with Gasteiger partial charge in [0, 0.05) is 34.6 Å². The van der Waals surface area contributed by atoms with Crippen molar-refractivity contribution in [3.63, 3.8) is 0 Å². The van der Waals surface area contributed by atoms with Gasteiger partial charge in [0.2, 0.25) is 0 Å². The monoisotopic (exact) mass is 400 g/mol. The Morgan fingerprint density at radius 2 is 2.07 bits per heavy atom. The van der Waals surface area contributed by atoms with Crippen LogP contribution in [0, 0.1) is 13.8 Å². The molecule has 6 heteroatoms. The van der Waals surface area contributed by atoms with Crippen LogP contribution in [0.2, 0.25) is 0 Å². The molecule has 0 saturated heterocycles. The number of aromatic amines is 2. The van der Waals surface area contributed by atoms with Gasteiger partial charge in [-0.3, -0.25) is 4.79 Å². The highest BCUT2D eigenvalue weighted by Crippen LogP contribution is 2.34. The van der Waals surface area contributed by atoms with Crippen LogP contribution in [-0.4, -0.2) is 39.4 Å². The molecular weight excluding hydrogens is 376 g/mol. The fraction of sp³-hybridized carbons (Fsp3) is 0.250. The maximum absolute atomic E-state index is 13.4. The summed E-state index contributed by atoms with van der Waals surface area (Å²) in [6.07, 6.45) is 1.71. The number of carbonyl (C=O) groups excluding carboxylic acids is 1. The van der Waals surface area contributed by atoms with Crippen LogP contribution in [0.1, 0.15) is 44.5 Å². The van der Waals surface area contributed by atoms with Gasteiger partial charge in [-0.15, -0.1) is 0 Å². The number of aryl methyl sites for hydroxylation is 2. The summed E-state index contributed by atoms with van der Waals surface area (Å²) in [5.74, 6) is 0.833. The number of imidazole rings is 1. The Kier molecular flexibility index (Phi) is 4.35. The first kappa shape index (κ1) is 18.5. The maximum atomic E-state index is 13.4. The number of carbonyl (C=O) groups is 1. The summed E-state index contributed by atoms with van der Waals surface area (Å²) in [4.78, 5) is 26.5. The van der Waals surface area contributed by atoms with Crippen molar-refractivity contribution >= 4 is 16.8 Å². The fourth-order valence-corrected chi connectivity index (χ4v) is 4.37. The second-order valence-corrected chi connectivity index (χ2v) is 7.92. The second kappa shape index (κ2) is 7.06. The van der Waals surface area contributed by atoms with Crippen molar-refractivity contribution in [3.05, 3.63) is 82.6 Å². The number of ether oxygens (including phenoxy) is 1. The third kappa shape index (κ3) is 2.96. The number of hydrogen-bond acceptors (Lipinski definition) is 3. The molecule has 1 aliphatic heterocycles. The number of aromatic nitrogens is 3. The molecule has 1 unspecified atom stereocenters. The molecule has 0 spiro atoms. The second-order valence-electron chi connectivity index (χ2n) is 7.92. The van der Waals surface area contributed by atoms with Gasteiger partial charge in [-0.2, -0.15) is 0 Å². The topological polar surface area (TPSA) is 74.0 Å². The zero-order chi connectivity index (χ0) is 20.8. The number of methoxy groups -OCH3 is 1. The third-order valence-corrected chi connectivity index (χ3v) is 6.17. The van der Waals surface area contributed by atoms with Gasteiger partial charge < -0.3 is 19.6 Å². The Labute approximate surface area is 174 Å². The predicted molar refractivity (Wildman–Crippen MR) is 116 cm³/mol. The zero-order valence-corrected chi connectivity index (χ0v) is 17.3. The van der Waals surface area contributed by atoms with Crippen molar-refractivity contribution in [1.82, 2.24) is 19.9 Å². The molecule has 2 aromatic carbocycles. The van der Waals surface area contributed by atoms with Crippen LogP contribution >= 0.6 is 0 Å². The van der Waals surface area contributed by atoms with E-state index in [1.54, 1.807) is 13.4 Å². The molecule has 3 heterocycles. The zero-order valence-electron chi connectivity index (χ0n) is 17.3. The number of nitrogens with one attached hydrogen (secondary N) is 2. The molecule has 0 saturated carbocycles. The van der Waals surface area contributed by atoms with Gasteiger partial charge in [0.15, 0.2) is 0 Å². The van der Waals surface area contributed by atoms with Crippen molar-refractivity contribution < 1.29 is 9.53 Å². The van der Waals surface area contributed by atoms with E-state index in [0.717, 1.165) is 39.3 Å². The molecule has 0 radical (unpaired) electrons. The lowest BCUT2D eigenvalue weighted by atomic mass is 9.90. The van der Waals surface area contributed by atoms with Crippen molar-refractivity contribution in [1.29, 1.82) is 0 Å². The van der Waals surface area contributed by atoms with Crippen LogP contribution in [0.5, 0.6) is 5.75 Å². The van der Waals surface area contributed by atoms with E-state index in [-0.39, 0.29) is 11.8 Å². The first-order chi connectivity index (χ1) is 14.5. The molecule has 1 amide bonds. The number of amides is 1. The predicted octanol–water partition coefficient (Wildman–Crippen LogP) is 4.30. The summed E-state index contributed by atoms with van der Waals surface area (Å²) in [5, 5.41) is 1.10. The van der Waals surface area contributed by atoms with E-state index in [1.807, 2.05) is 41.3 Å². The van der Waals surface area contributed by atoms with Crippen molar-refractivity contribution in [2.75, 3.05) is 13.7 Å². The lowest BCUT2D eigenvalue weighted by molar-refractivity contribution is 0.0722. The maximum Gasteiger partial charge on any atom is 0.254 e. The van der Waals surface area contributed by atoms with Crippen LogP contribution < -0.4 is 4.74 Å². The molecule has 1 atom stereocenters. The summed E-state index contributed by atoms with van der Waals surface area (Å²) in [5.41, 5.74) is 7.16. The molecule has 4 aromatic rings. The molecule has 5 rings (SSSR count). The Morgan fingerprint density at radius 3 is 2.90 bits per heavy atom. The van der Waals surface area contributed by atoms with Crippen LogP contribution in [-0.2, 0) is 6.54 Å². The highest BCUT2D eigenvalue weighted by molar-refractivity contribution is 5.99. The van der Waals surface area contributed by atoms with Crippen LogP contribution in [0.4, 0.5) is 0 Å². The number of fused-ring (bicyclic) bond motifs is 2. The van der Waals surface area contributed by atoms with Crippen molar-refractivity contribution in [2.24, 2.45) is 0 Å². The minimum atomic E-state index is -0.000907. The molecule has 2 N–H and O–H groups in total. The van der Waals surface area contributed by atoms with Gasteiger partial charge in [0.25, 0.3) is 5.91 Å². The van der Waals surface area contributed by atoms with E-state index in [4.69, 9.17) is 4.74 Å². The molecule has 0 aliphatic carbocycles. The largest absolute Gasteiger partial charge is 0.497 e. The molecule has 2 aromatic heterocycles. The van der Waals surface area contributed by atoms with Crippen molar-refractivity contribution in [3.8, 4) is 5.75 Å². The van der Waals surface area contributed by atoms with Crippen LogP contribution in [0.15, 0.2) is 48.8 Å². The third-order valence-electron chi connectivity index (χ3n) is 6.17. The van der Waals surface area contributed by atoms with E-state index < -0.39 is 0 Å². The lowest BCUT2D eigenvalue weighted by Gasteiger charge is -2.32. The summed E-state index contributed by atoms with van der Waals surface area (Å²) in [6.45, 7) is 5.24. The van der Waals surface area contributed by atoms with Crippen molar-refractivity contribution in [2.45, 2.75) is 26.3 Å². The molecule has 0 fully saturated rings. The molecule has 1 aliphatic rings. The van der Waals surface area contributed by atoms with Gasteiger partial charge in [0.05, 0.1) is 31.4 Å². The average molecular weight is 400 g/mol. The number of rotatable bonds is 3. The van der Waals surface area contributed by atoms with Gasteiger partial charge in [-0.05, 0) is 55.3 Å². The summed E-state index contributed by atoms with van der Waals surface area (Å²) < 4.78 is 5.40. The lowest BCUT2D eigenvalue weighted by Crippen LogP contribution is -2.38. The molecule has 0 bridgehead atoms. The van der Waals surface area contributed by atoms with Gasteiger partial charge >= 0.3 is 0 Å². The molecule has 152 valence electrons. The number of hydrogen-bond donors (Lipinski definition) is 2.